The van der Waals surface area contributed by atoms with E-state index in [1.807, 2.05) is 26.1 Å². The van der Waals surface area contributed by atoms with E-state index in [4.69, 9.17) is 0 Å². The van der Waals surface area contributed by atoms with Crippen molar-refractivity contribution in [1.29, 1.82) is 0 Å². The first-order valence-corrected chi connectivity index (χ1v) is 9.28. The molecule has 0 bridgehead atoms. The molecule has 0 aliphatic rings. The van der Waals surface area contributed by atoms with E-state index < -0.39 is 10.0 Å². The molecule has 1 rings (SSSR count). The molecule has 0 amide bonds. The number of nitrogens with one attached hydrogen (secondary N) is 2. The Balaban J connectivity index is 2.88. The fourth-order valence-electron chi connectivity index (χ4n) is 1.70. The van der Waals surface area contributed by atoms with Gasteiger partial charge in [-0.25, -0.2) is 13.1 Å². The average Bonchev–Trinajstić information content (AvgIpc) is 2.35. The van der Waals surface area contributed by atoms with E-state index in [-0.39, 0.29) is 16.2 Å². The molecule has 0 radical (unpaired) electrons. The maximum Gasteiger partial charge on any atom is 0.241 e. The Hall–Kier alpha value is -0.430. The second-order valence-corrected chi connectivity index (χ2v) is 9.00. The third-order valence-corrected chi connectivity index (χ3v) is 6.12. The molecule has 1 aromatic carbocycles. The van der Waals surface area contributed by atoms with Crippen molar-refractivity contribution in [3.8, 4) is 0 Å². The maximum absolute atomic E-state index is 12.4. The summed E-state index contributed by atoms with van der Waals surface area (Å²) in [6, 6.07) is 5.29. The summed E-state index contributed by atoms with van der Waals surface area (Å²) in [4.78, 5) is 0.281. The Morgan fingerprint density at radius 1 is 1.29 bits per heavy atom. The molecule has 1 atom stereocenters. The number of hydrogen-bond donors (Lipinski definition) is 2. The molecular weight excluding hydrogens is 352 g/mol. The van der Waals surface area contributed by atoms with Gasteiger partial charge in [-0.15, -0.1) is 0 Å². The van der Waals surface area contributed by atoms with E-state index in [1.54, 1.807) is 6.07 Å². The van der Waals surface area contributed by atoms with Crippen molar-refractivity contribution in [2.75, 3.05) is 13.6 Å². The van der Waals surface area contributed by atoms with Crippen LogP contribution in [-0.4, -0.2) is 22.0 Å². The second-order valence-electron chi connectivity index (χ2n) is 6.41. The van der Waals surface area contributed by atoms with Gasteiger partial charge in [0.15, 0.2) is 0 Å². The first-order chi connectivity index (χ1) is 9.58. The van der Waals surface area contributed by atoms with Crippen molar-refractivity contribution < 1.29 is 8.42 Å². The SMILES string of the molecule is CNCc1ccc(S(=O)(=O)NCC(C)C(C)(C)C)c(Br)c1. The first-order valence-electron chi connectivity index (χ1n) is 7.00. The lowest BCUT2D eigenvalue weighted by molar-refractivity contribution is 0.263. The molecule has 0 aliphatic carbocycles. The summed E-state index contributed by atoms with van der Waals surface area (Å²) in [5, 5.41) is 3.04. The molecule has 0 aromatic heterocycles. The summed E-state index contributed by atoms with van der Waals surface area (Å²) in [5.41, 5.74) is 1.10. The van der Waals surface area contributed by atoms with Crippen molar-refractivity contribution in [3.63, 3.8) is 0 Å². The van der Waals surface area contributed by atoms with Crippen LogP contribution < -0.4 is 10.0 Å². The molecule has 0 spiro atoms. The Labute approximate surface area is 136 Å². The molecular formula is C15H25BrN2O2S. The van der Waals surface area contributed by atoms with Gasteiger partial charge >= 0.3 is 0 Å². The van der Waals surface area contributed by atoms with Crippen LogP contribution in [0.25, 0.3) is 0 Å². The molecule has 0 aliphatic heterocycles. The molecule has 0 fully saturated rings. The van der Waals surface area contributed by atoms with Crippen molar-refractivity contribution in [2.24, 2.45) is 11.3 Å². The van der Waals surface area contributed by atoms with Crippen LogP contribution >= 0.6 is 15.9 Å². The van der Waals surface area contributed by atoms with E-state index in [0.29, 0.717) is 17.6 Å². The molecule has 2 N–H and O–H groups in total. The highest BCUT2D eigenvalue weighted by Crippen LogP contribution is 2.26. The maximum atomic E-state index is 12.4. The predicted octanol–water partition coefficient (Wildman–Crippen LogP) is 3.13. The number of sulfonamides is 1. The van der Waals surface area contributed by atoms with Gasteiger partial charge in [0.25, 0.3) is 0 Å². The Morgan fingerprint density at radius 2 is 1.90 bits per heavy atom. The molecule has 120 valence electrons. The van der Waals surface area contributed by atoms with Crippen LogP contribution in [0.1, 0.15) is 33.3 Å². The van der Waals surface area contributed by atoms with Gasteiger partial charge < -0.3 is 5.32 Å². The Morgan fingerprint density at radius 3 is 2.38 bits per heavy atom. The highest BCUT2D eigenvalue weighted by molar-refractivity contribution is 9.10. The van der Waals surface area contributed by atoms with E-state index in [1.165, 1.54) is 0 Å². The normalized spacial score (nSPS) is 14.2. The van der Waals surface area contributed by atoms with Crippen LogP contribution in [0.15, 0.2) is 27.6 Å². The molecule has 4 nitrogen and oxygen atoms in total. The molecule has 1 unspecified atom stereocenters. The van der Waals surface area contributed by atoms with Crippen molar-refractivity contribution >= 4 is 26.0 Å². The number of hydrogen-bond acceptors (Lipinski definition) is 3. The molecule has 1 aromatic rings. The van der Waals surface area contributed by atoms with Crippen LogP contribution in [0, 0.1) is 11.3 Å². The third kappa shape index (κ3) is 5.36. The molecule has 21 heavy (non-hydrogen) atoms. The lowest BCUT2D eigenvalue weighted by Crippen LogP contribution is -2.33. The highest BCUT2D eigenvalue weighted by Gasteiger charge is 2.23. The zero-order valence-corrected chi connectivity index (χ0v) is 15.7. The van der Waals surface area contributed by atoms with Gasteiger partial charge in [-0.2, -0.15) is 0 Å². The number of halogens is 1. The largest absolute Gasteiger partial charge is 0.316 e. The molecule has 0 saturated heterocycles. The average molecular weight is 377 g/mol. The number of rotatable bonds is 6. The smallest absolute Gasteiger partial charge is 0.241 e. The topological polar surface area (TPSA) is 58.2 Å². The van der Waals surface area contributed by atoms with E-state index in [0.717, 1.165) is 5.56 Å². The van der Waals surface area contributed by atoms with E-state index >= 15 is 0 Å². The third-order valence-electron chi connectivity index (χ3n) is 3.72. The standard InChI is InChI=1S/C15H25BrN2O2S/c1-11(15(2,3)4)9-18-21(19,20)14-7-6-12(10-17-5)8-13(14)16/h6-8,11,17-18H,9-10H2,1-5H3. The molecule has 0 heterocycles. The van der Waals surface area contributed by atoms with Gasteiger partial charge in [0.05, 0.1) is 4.90 Å². The monoisotopic (exact) mass is 376 g/mol. The summed E-state index contributed by atoms with van der Waals surface area (Å²) in [6.07, 6.45) is 0. The zero-order valence-electron chi connectivity index (χ0n) is 13.3. The number of benzene rings is 1. The van der Waals surface area contributed by atoms with Gasteiger partial charge in [0.1, 0.15) is 0 Å². The molecule has 6 heteroatoms. The summed E-state index contributed by atoms with van der Waals surface area (Å²) >= 11 is 3.35. The fourth-order valence-corrected chi connectivity index (χ4v) is 3.95. The Kier molecular flexibility index (Phi) is 6.40. The van der Waals surface area contributed by atoms with Gasteiger partial charge in [0.2, 0.25) is 10.0 Å². The van der Waals surface area contributed by atoms with Crippen LogP contribution in [0.3, 0.4) is 0 Å². The van der Waals surface area contributed by atoms with Crippen LogP contribution in [0.4, 0.5) is 0 Å². The van der Waals surface area contributed by atoms with Gasteiger partial charge in [-0.05, 0) is 52.0 Å². The van der Waals surface area contributed by atoms with E-state index in [9.17, 15) is 8.42 Å². The summed E-state index contributed by atoms with van der Waals surface area (Å²) in [7, 11) is -1.64. The first kappa shape index (κ1) is 18.6. The quantitative estimate of drug-likeness (QED) is 0.801. The zero-order chi connectivity index (χ0) is 16.3. The fraction of sp³-hybridized carbons (Fsp3) is 0.600. The van der Waals surface area contributed by atoms with Crippen LogP contribution in [-0.2, 0) is 16.6 Å². The lowest BCUT2D eigenvalue weighted by atomic mass is 9.82. The second kappa shape index (κ2) is 7.22. The van der Waals surface area contributed by atoms with Gasteiger partial charge in [-0.3, -0.25) is 0 Å². The summed E-state index contributed by atoms with van der Waals surface area (Å²) in [6.45, 7) is 9.49. The minimum Gasteiger partial charge on any atom is -0.316 e. The lowest BCUT2D eigenvalue weighted by Gasteiger charge is -2.27. The van der Waals surface area contributed by atoms with Crippen LogP contribution in [0.2, 0.25) is 0 Å². The highest BCUT2D eigenvalue weighted by atomic mass is 79.9. The molecule has 0 saturated carbocycles. The van der Waals surface area contributed by atoms with Crippen molar-refractivity contribution in [2.45, 2.75) is 39.1 Å². The predicted molar refractivity (Wildman–Crippen MR) is 90.7 cm³/mol. The minimum absolute atomic E-state index is 0.0659. The summed E-state index contributed by atoms with van der Waals surface area (Å²) < 4.78 is 28.1. The van der Waals surface area contributed by atoms with Gasteiger partial charge in [0, 0.05) is 17.6 Å². The van der Waals surface area contributed by atoms with Crippen LogP contribution in [0.5, 0.6) is 0 Å². The summed E-state index contributed by atoms with van der Waals surface area (Å²) in [5.74, 6) is 0.245. The van der Waals surface area contributed by atoms with Gasteiger partial charge in [-0.1, -0.05) is 33.8 Å². The van der Waals surface area contributed by atoms with Crippen molar-refractivity contribution in [3.05, 3.63) is 28.2 Å². The minimum atomic E-state index is -3.50. The Bertz CT molecular complexity index is 580. The van der Waals surface area contributed by atoms with E-state index in [2.05, 4.69) is 46.7 Å². The van der Waals surface area contributed by atoms with Crippen molar-refractivity contribution in [1.82, 2.24) is 10.0 Å².